The second kappa shape index (κ2) is 13.5. The van der Waals surface area contributed by atoms with E-state index in [1.165, 1.54) is 30.7 Å². The third kappa shape index (κ3) is 6.41. The number of nitrogens with two attached hydrogens (primary N) is 1. The third-order valence-electron chi connectivity index (χ3n) is 7.47. The van der Waals surface area contributed by atoms with E-state index in [9.17, 15) is 19.2 Å². The van der Waals surface area contributed by atoms with Gasteiger partial charge in [0.25, 0.3) is 5.91 Å². The van der Waals surface area contributed by atoms with E-state index >= 15 is 0 Å². The van der Waals surface area contributed by atoms with Gasteiger partial charge < -0.3 is 30.8 Å². The summed E-state index contributed by atoms with van der Waals surface area (Å²) in [6.45, 7) is 1.26. The molecule has 4 heterocycles. The fourth-order valence-corrected chi connectivity index (χ4v) is 8.37. The fraction of sp³-hybridized carbons (Fsp3) is 0.267. The van der Waals surface area contributed by atoms with Gasteiger partial charge in [0, 0.05) is 24.6 Å². The predicted octanol–water partition coefficient (Wildman–Crippen LogP) is 2.56. The molecule has 4 N–H and O–H groups in total. The minimum absolute atomic E-state index is 0.0820. The Morgan fingerprint density at radius 3 is 2.36 bits per heavy atom. The molecule has 2 saturated heterocycles. The van der Waals surface area contributed by atoms with E-state index in [0.29, 0.717) is 0 Å². The van der Waals surface area contributed by atoms with E-state index in [-0.39, 0.29) is 44.9 Å². The molecule has 242 valence electrons. The first kappa shape index (κ1) is 32.1. The summed E-state index contributed by atoms with van der Waals surface area (Å²) in [6, 6.07) is 17.8. The largest absolute Gasteiger partial charge is 0.452 e. The summed E-state index contributed by atoms with van der Waals surface area (Å²) in [5.74, 6) is -1.87. The van der Waals surface area contributed by atoms with Gasteiger partial charge in [0.15, 0.2) is 16.9 Å². The van der Waals surface area contributed by atoms with Crippen molar-refractivity contribution < 1.29 is 28.8 Å². The standard InChI is InChI=1S/C30H28N8O6S3/c1-16(39)32-29-36-35-26(47-29)30(27(42)44-22(17-9-5-3-6-10-17)18-11-7-4-8-12-18)14-38-24(41)21(25(38)46-15-30)34-23(40)20(37-43-2)19-13-45-28(31)33-19/h3-13,21-22,25H,14-15H2,1-2H3,(H2,31,33)(H,34,40)(H,32,36,39)/t21?,25-,30?/m1/s1. The van der Waals surface area contributed by atoms with Crippen LogP contribution in [0.15, 0.2) is 71.2 Å². The number of esters is 1. The molecule has 17 heteroatoms. The average Bonchev–Trinajstić information content (AvgIpc) is 3.73. The highest BCUT2D eigenvalue weighted by molar-refractivity contribution is 8.00. The van der Waals surface area contributed by atoms with E-state index in [2.05, 4.69) is 31.0 Å². The lowest BCUT2D eigenvalue weighted by Crippen LogP contribution is -2.74. The second-order valence-electron chi connectivity index (χ2n) is 10.6. The first-order valence-corrected chi connectivity index (χ1v) is 16.9. The topological polar surface area (TPSA) is 191 Å². The quantitative estimate of drug-likeness (QED) is 0.0958. The Labute approximate surface area is 280 Å². The van der Waals surface area contributed by atoms with Crippen molar-refractivity contribution in [3.63, 3.8) is 0 Å². The van der Waals surface area contributed by atoms with E-state index in [4.69, 9.17) is 15.3 Å². The van der Waals surface area contributed by atoms with Crippen LogP contribution in [0.1, 0.15) is 34.9 Å². The van der Waals surface area contributed by atoms with Crippen LogP contribution in [0, 0.1) is 0 Å². The van der Waals surface area contributed by atoms with Crippen molar-refractivity contribution in [2.75, 3.05) is 30.5 Å². The summed E-state index contributed by atoms with van der Waals surface area (Å²) < 4.78 is 6.30. The Morgan fingerprint density at radius 2 is 1.77 bits per heavy atom. The Balaban J connectivity index is 1.28. The number of nitrogen functional groups attached to an aromatic ring is 1. The maximum absolute atomic E-state index is 14.4. The maximum atomic E-state index is 14.4. The predicted molar refractivity (Wildman–Crippen MR) is 177 cm³/mol. The number of thiazole rings is 1. The molecule has 6 rings (SSSR count). The SMILES string of the molecule is CON=C(C(=O)NC1C(=O)N2CC(C(=O)OC(c3ccccc3)c3ccccc3)(c3nnc(NC(C)=O)s3)CS[C@H]12)c1csc(N)n1. The number of oxime groups is 1. The zero-order valence-corrected chi connectivity index (χ0v) is 27.4. The van der Waals surface area contributed by atoms with Crippen LogP contribution in [0.4, 0.5) is 10.3 Å². The van der Waals surface area contributed by atoms with Gasteiger partial charge in [-0.3, -0.25) is 19.2 Å². The molecule has 2 aliphatic heterocycles. The number of aromatic nitrogens is 3. The van der Waals surface area contributed by atoms with Crippen molar-refractivity contribution in [3.05, 3.63) is 87.9 Å². The molecule has 3 atom stereocenters. The number of ether oxygens (including phenoxy) is 1. The minimum atomic E-state index is -1.43. The Hall–Kier alpha value is -4.87. The number of hydrogen-bond acceptors (Lipinski definition) is 14. The molecule has 2 unspecified atom stereocenters. The number of hydrogen-bond donors (Lipinski definition) is 3. The molecule has 4 aromatic rings. The lowest BCUT2D eigenvalue weighted by molar-refractivity contribution is -0.160. The molecule has 14 nitrogen and oxygen atoms in total. The molecule has 3 amide bonds. The summed E-state index contributed by atoms with van der Waals surface area (Å²) in [4.78, 5) is 63.4. The van der Waals surface area contributed by atoms with E-state index < -0.39 is 40.7 Å². The number of nitrogens with zero attached hydrogens (tertiary/aromatic N) is 5. The van der Waals surface area contributed by atoms with Crippen LogP contribution in [0.2, 0.25) is 0 Å². The van der Waals surface area contributed by atoms with Gasteiger partial charge in [-0.25, -0.2) is 4.98 Å². The molecule has 0 bridgehead atoms. The van der Waals surface area contributed by atoms with Gasteiger partial charge in [0.2, 0.25) is 16.9 Å². The van der Waals surface area contributed by atoms with Crippen LogP contribution in [-0.2, 0) is 34.2 Å². The molecule has 0 saturated carbocycles. The van der Waals surface area contributed by atoms with E-state index in [1.54, 1.807) is 5.38 Å². The van der Waals surface area contributed by atoms with Gasteiger partial charge in [0.05, 0.1) is 0 Å². The van der Waals surface area contributed by atoms with Gasteiger partial charge in [-0.1, -0.05) is 77.2 Å². The average molecular weight is 693 g/mol. The van der Waals surface area contributed by atoms with Crippen LogP contribution >= 0.6 is 34.4 Å². The molecule has 2 aromatic carbocycles. The van der Waals surface area contributed by atoms with Crippen LogP contribution < -0.4 is 16.4 Å². The Bertz CT molecular complexity index is 1800. The summed E-state index contributed by atoms with van der Waals surface area (Å²) in [5.41, 5.74) is 5.91. The number of β-lactam (4-membered cyclic amide) rings is 1. The number of rotatable bonds is 10. The lowest BCUT2D eigenvalue weighted by Gasteiger charge is -2.53. The molecular formula is C30H28N8O6S3. The number of carbonyl (C=O) groups is 4. The minimum Gasteiger partial charge on any atom is -0.452 e. The Kier molecular flexibility index (Phi) is 9.19. The van der Waals surface area contributed by atoms with Gasteiger partial charge in [-0.2, -0.15) is 0 Å². The van der Waals surface area contributed by atoms with Crippen molar-refractivity contribution >= 4 is 74.1 Å². The normalized spacial score (nSPS) is 20.6. The molecular weight excluding hydrogens is 665 g/mol. The summed E-state index contributed by atoms with van der Waals surface area (Å²) in [7, 11) is 1.29. The number of fused-ring (bicyclic) bond motifs is 1. The van der Waals surface area contributed by atoms with Gasteiger partial charge in [0.1, 0.15) is 34.6 Å². The van der Waals surface area contributed by atoms with Crippen molar-refractivity contribution in [2.45, 2.75) is 29.9 Å². The van der Waals surface area contributed by atoms with Crippen molar-refractivity contribution in [1.82, 2.24) is 25.4 Å². The molecule has 0 aliphatic carbocycles. The maximum Gasteiger partial charge on any atom is 0.322 e. The molecule has 0 radical (unpaired) electrons. The smallest absolute Gasteiger partial charge is 0.322 e. The zero-order valence-electron chi connectivity index (χ0n) is 25.0. The molecule has 2 fully saturated rings. The third-order valence-corrected chi connectivity index (χ3v) is 10.7. The lowest BCUT2D eigenvalue weighted by atomic mass is 9.87. The first-order chi connectivity index (χ1) is 22.7. The van der Waals surface area contributed by atoms with Crippen LogP contribution in [0.25, 0.3) is 0 Å². The number of benzene rings is 2. The highest BCUT2D eigenvalue weighted by Crippen LogP contribution is 2.46. The second-order valence-corrected chi connectivity index (χ2v) is 13.6. The van der Waals surface area contributed by atoms with Gasteiger partial charge in [-0.15, -0.1) is 33.3 Å². The van der Waals surface area contributed by atoms with Crippen molar-refractivity contribution in [1.29, 1.82) is 0 Å². The van der Waals surface area contributed by atoms with Crippen LogP contribution in [0.3, 0.4) is 0 Å². The number of carbonyl (C=O) groups excluding carboxylic acids is 4. The van der Waals surface area contributed by atoms with E-state index in [0.717, 1.165) is 33.8 Å². The molecule has 47 heavy (non-hydrogen) atoms. The summed E-state index contributed by atoms with van der Waals surface area (Å²) in [5, 5.41) is 19.3. The number of thioether (sulfide) groups is 1. The van der Waals surface area contributed by atoms with E-state index in [1.807, 2.05) is 60.7 Å². The van der Waals surface area contributed by atoms with Crippen LogP contribution in [-0.4, -0.2) is 80.3 Å². The first-order valence-electron chi connectivity index (χ1n) is 14.2. The monoisotopic (exact) mass is 692 g/mol. The molecule has 2 aromatic heterocycles. The van der Waals surface area contributed by atoms with Crippen molar-refractivity contribution in [2.24, 2.45) is 5.16 Å². The highest BCUT2D eigenvalue weighted by Gasteiger charge is 2.60. The van der Waals surface area contributed by atoms with Gasteiger partial charge in [-0.05, 0) is 11.1 Å². The zero-order chi connectivity index (χ0) is 33.1. The number of anilines is 2. The van der Waals surface area contributed by atoms with Crippen molar-refractivity contribution in [3.8, 4) is 0 Å². The van der Waals surface area contributed by atoms with Crippen LogP contribution in [0.5, 0.6) is 0 Å². The molecule has 2 aliphatic rings. The number of nitrogens with one attached hydrogen (secondary N) is 2. The highest BCUT2D eigenvalue weighted by atomic mass is 32.2. The fourth-order valence-electron chi connectivity index (χ4n) is 5.24. The number of amides is 3. The summed E-state index contributed by atoms with van der Waals surface area (Å²) >= 11 is 3.47. The van der Waals surface area contributed by atoms with Gasteiger partial charge >= 0.3 is 5.97 Å². The Morgan fingerprint density at radius 1 is 1.09 bits per heavy atom. The molecule has 0 spiro atoms. The summed E-state index contributed by atoms with van der Waals surface area (Å²) in [6.07, 6.45) is -0.746.